The number of nitrogens with two attached hydrogens (primary N) is 1. The lowest BCUT2D eigenvalue weighted by Crippen LogP contribution is -2.31. The van der Waals surface area contributed by atoms with E-state index in [1.165, 1.54) is 24.5 Å². The average molecular weight is 337 g/mol. The molecule has 0 bridgehead atoms. The first kappa shape index (κ1) is 14.8. The molecule has 0 unspecified atom stereocenters. The number of carbonyl (C=O) groups excluding carboxylic acids is 1. The Hall–Kier alpha value is -3.75. The predicted molar refractivity (Wildman–Crippen MR) is 90.2 cm³/mol. The third-order valence-electron chi connectivity index (χ3n) is 3.62. The largest absolute Gasteiger partial charge is 0.382 e. The van der Waals surface area contributed by atoms with Gasteiger partial charge in [-0.1, -0.05) is 0 Å². The number of rotatable bonds is 3. The second-order valence-corrected chi connectivity index (χ2v) is 5.26. The monoisotopic (exact) mass is 337 g/mol. The van der Waals surface area contributed by atoms with Crippen LogP contribution in [0.2, 0.25) is 0 Å². The Balaban J connectivity index is 1.67. The number of hydrogen-bond donors (Lipinski definition) is 3. The number of nitrogens with zero attached hydrogens (tertiary/aromatic N) is 4. The molecule has 4 N–H and O–H groups in total. The number of carbonyl (C=O) groups is 1. The van der Waals surface area contributed by atoms with Gasteiger partial charge in [0.1, 0.15) is 17.3 Å². The van der Waals surface area contributed by atoms with Gasteiger partial charge in [-0.2, -0.15) is 0 Å². The Bertz CT molecular complexity index is 1090. The van der Waals surface area contributed by atoms with E-state index in [1.807, 2.05) is 22.7 Å². The summed E-state index contributed by atoms with van der Waals surface area (Å²) in [5.41, 5.74) is 12.7. The fourth-order valence-electron chi connectivity index (χ4n) is 2.48. The summed E-state index contributed by atoms with van der Waals surface area (Å²) in [6, 6.07) is 8.01. The number of nitrogen functional groups attached to an aromatic ring is 1. The topological polar surface area (TPSA) is 110 Å². The van der Waals surface area contributed by atoms with Gasteiger partial charge in [-0.05, 0) is 24.3 Å². The SMILES string of the molecule is Nc1cnc(C(=O)NNc2nc3cc(F)ccc3n3cccc23)cn1. The summed E-state index contributed by atoms with van der Waals surface area (Å²) in [6.07, 6.45) is 4.38. The van der Waals surface area contributed by atoms with E-state index in [2.05, 4.69) is 25.8 Å². The molecule has 0 aliphatic heterocycles. The number of hydrogen-bond acceptors (Lipinski definition) is 6. The van der Waals surface area contributed by atoms with Gasteiger partial charge in [0.05, 0.1) is 28.9 Å². The number of hydrazine groups is 1. The van der Waals surface area contributed by atoms with Crippen molar-refractivity contribution in [2.75, 3.05) is 11.2 Å². The molecule has 0 radical (unpaired) electrons. The molecule has 0 fully saturated rings. The van der Waals surface area contributed by atoms with Crippen molar-refractivity contribution in [2.24, 2.45) is 0 Å². The van der Waals surface area contributed by atoms with E-state index < -0.39 is 11.7 Å². The maximum Gasteiger partial charge on any atom is 0.289 e. The quantitative estimate of drug-likeness (QED) is 0.491. The molecule has 0 saturated heterocycles. The van der Waals surface area contributed by atoms with Crippen molar-refractivity contribution in [3.8, 4) is 0 Å². The van der Waals surface area contributed by atoms with Gasteiger partial charge in [-0.15, -0.1) is 0 Å². The summed E-state index contributed by atoms with van der Waals surface area (Å²) < 4.78 is 15.3. The summed E-state index contributed by atoms with van der Waals surface area (Å²) in [5.74, 6) is -0.297. The first-order valence-electron chi connectivity index (χ1n) is 7.32. The normalized spacial score (nSPS) is 10.9. The molecule has 4 aromatic rings. The fraction of sp³-hybridized carbons (Fsp3) is 0. The zero-order valence-corrected chi connectivity index (χ0v) is 12.8. The molecular weight excluding hydrogens is 325 g/mol. The van der Waals surface area contributed by atoms with Crippen molar-refractivity contribution in [1.82, 2.24) is 24.8 Å². The fourth-order valence-corrected chi connectivity index (χ4v) is 2.48. The zero-order valence-electron chi connectivity index (χ0n) is 12.8. The van der Waals surface area contributed by atoms with Gasteiger partial charge in [-0.25, -0.2) is 19.3 Å². The maximum absolute atomic E-state index is 13.5. The van der Waals surface area contributed by atoms with Gasteiger partial charge >= 0.3 is 0 Å². The van der Waals surface area contributed by atoms with E-state index in [1.54, 1.807) is 6.07 Å². The molecule has 0 atom stereocenters. The van der Waals surface area contributed by atoms with E-state index in [9.17, 15) is 9.18 Å². The summed E-state index contributed by atoms with van der Waals surface area (Å²) in [4.78, 5) is 24.2. The Morgan fingerprint density at radius 3 is 2.84 bits per heavy atom. The molecule has 3 aromatic heterocycles. The number of aromatic nitrogens is 4. The summed E-state index contributed by atoms with van der Waals surface area (Å²) in [5, 5.41) is 0. The number of benzene rings is 1. The van der Waals surface area contributed by atoms with E-state index in [4.69, 9.17) is 5.73 Å². The minimum absolute atomic E-state index is 0.0972. The molecule has 1 aromatic carbocycles. The Labute approximate surface area is 140 Å². The number of anilines is 2. The lowest BCUT2D eigenvalue weighted by Gasteiger charge is -2.11. The van der Waals surface area contributed by atoms with Crippen LogP contribution in [0.1, 0.15) is 10.5 Å². The zero-order chi connectivity index (χ0) is 17.4. The average Bonchev–Trinajstić information content (AvgIpc) is 3.09. The molecule has 124 valence electrons. The van der Waals surface area contributed by atoms with Crippen molar-refractivity contribution < 1.29 is 9.18 Å². The first-order chi connectivity index (χ1) is 12.1. The van der Waals surface area contributed by atoms with Gasteiger partial charge in [0.25, 0.3) is 5.91 Å². The summed E-state index contributed by atoms with van der Waals surface area (Å²) >= 11 is 0. The highest BCUT2D eigenvalue weighted by molar-refractivity contribution is 5.93. The molecule has 4 rings (SSSR count). The van der Waals surface area contributed by atoms with E-state index in [-0.39, 0.29) is 11.5 Å². The third-order valence-corrected chi connectivity index (χ3v) is 3.62. The minimum Gasteiger partial charge on any atom is -0.382 e. The van der Waals surface area contributed by atoms with Gasteiger partial charge in [-0.3, -0.25) is 15.6 Å². The standard InChI is InChI=1S/C16H12FN7O/c17-9-3-4-12-10(6-9)21-15(13-2-1-5-24(12)13)22-23-16(25)11-7-20-14(18)8-19-11/h1-8H,(H2,18,20)(H,21,22)(H,23,25). The van der Waals surface area contributed by atoms with Crippen molar-refractivity contribution in [3.63, 3.8) is 0 Å². The van der Waals surface area contributed by atoms with Crippen LogP contribution in [0, 0.1) is 5.82 Å². The minimum atomic E-state index is -0.502. The highest BCUT2D eigenvalue weighted by Crippen LogP contribution is 2.22. The Morgan fingerprint density at radius 1 is 1.16 bits per heavy atom. The molecular formula is C16H12FN7O. The van der Waals surface area contributed by atoms with Crippen LogP contribution in [-0.4, -0.2) is 25.3 Å². The highest BCUT2D eigenvalue weighted by Gasteiger charge is 2.11. The van der Waals surface area contributed by atoms with Crippen LogP contribution < -0.4 is 16.6 Å². The van der Waals surface area contributed by atoms with Crippen molar-refractivity contribution >= 4 is 34.1 Å². The Kier molecular flexibility index (Phi) is 3.38. The molecule has 0 aliphatic rings. The highest BCUT2D eigenvalue weighted by atomic mass is 19.1. The number of nitrogens with one attached hydrogen (secondary N) is 2. The molecule has 8 nitrogen and oxygen atoms in total. The number of halogens is 1. The predicted octanol–water partition coefficient (Wildman–Crippen LogP) is 1.76. The van der Waals surface area contributed by atoms with E-state index in [0.717, 1.165) is 11.0 Å². The van der Waals surface area contributed by atoms with Gasteiger partial charge in [0.2, 0.25) is 0 Å². The maximum atomic E-state index is 13.5. The van der Waals surface area contributed by atoms with Gasteiger partial charge < -0.3 is 10.1 Å². The third kappa shape index (κ3) is 2.67. The van der Waals surface area contributed by atoms with Crippen LogP contribution in [0.4, 0.5) is 16.0 Å². The molecule has 0 aliphatic carbocycles. The van der Waals surface area contributed by atoms with Crippen LogP contribution in [0.15, 0.2) is 48.9 Å². The molecule has 9 heteroatoms. The smallest absolute Gasteiger partial charge is 0.289 e. The molecule has 3 heterocycles. The lowest BCUT2D eigenvalue weighted by atomic mass is 10.3. The first-order valence-corrected chi connectivity index (χ1v) is 7.32. The van der Waals surface area contributed by atoms with Crippen LogP contribution in [0.25, 0.3) is 16.6 Å². The van der Waals surface area contributed by atoms with Crippen LogP contribution >= 0.6 is 0 Å². The molecule has 25 heavy (non-hydrogen) atoms. The second-order valence-electron chi connectivity index (χ2n) is 5.26. The number of fused-ring (bicyclic) bond motifs is 3. The molecule has 0 saturated carbocycles. The Morgan fingerprint density at radius 2 is 2.04 bits per heavy atom. The summed E-state index contributed by atoms with van der Waals surface area (Å²) in [6.45, 7) is 0. The van der Waals surface area contributed by atoms with Crippen LogP contribution in [0.5, 0.6) is 0 Å². The number of amides is 1. The van der Waals surface area contributed by atoms with Gasteiger partial charge in [0, 0.05) is 12.3 Å². The second kappa shape index (κ2) is 5.71. The van der Waals surface area contributed by atoms with Gasteiger partial charge in [0.15, 0.2) is 5.82 Å². The molecule has 1 amide bonds. The molecule has 0 spiro atoms. The van der Waals surface area contributed by atoms with Crippen LogP contribution in [0.3, 0.4) is 0 Å². The van der Waals surface area contributed by atoms with Crippen LogP contribution in [-0.2, 0) is 0 Å². The van der Waals surface area contributed by atoms with E-state index >= 15 is 0 Å². The van der Waals surface area contributed by atoms with Crippen molar-refractivity contribution in [2.45, 2.75) is 0 Å². The van der Waals surface area contributed by atoms with E-state index in [0.29, 0.717) is 11.3 Å². The van der Waals surface area contributed by atoms with Crippen molar-refractivity contribution in [1.29, 1.82) is 0 Å². The lowest BCUT2D eigenvalue weighted by molar-refractivity contribution is 0.0957. The van der Waals surface area contributed by atoms with Crippen molar-refractivity contribution in [3.05, 3.63) is 60.4 Å². The summed E-state index contributed by atoms with van der Waals surface area (Å²) in [7, 11) is 0.